The Bertz CT molecular complexity index is 273. The number of hydrogen-bond donors (Lipinski definition) is 0. The van der Waals surface area contributed by atoms with Crippen molar-refractivity contribution in [1.29, 1.82) is 0 Å². The summed E-state index contributed by atoms with van der Waals surface area (Å²) in [7, 11) is 0. The molecule has 1 rings (SSSR count). The van der Waals surface area contributed by atoms with E-state index in [1.54, 1.807) is 0 Å². The molecule has 1 atom stereocenters. The molecule has 0 aliphatic heterocycles. The van der Waals surface area contributed by atoms with Gasteiger partial charge in [0.2, 0.25) is 5.67 Å². The molecular formula is C8H6F5. The average molecular weight is 197 g/mol. The first-order valence-corrected chi connectivity index (χ1v) is 3.43. The number of hydrogen-bond acceptors (Lipinski definition) is 0. The first-order chi connectivity index (χ1) is 5.76. The van der Waals surface area contributed by atoms with Gasteiger partial charge < -0.3 is 0 Å². The molecule has 0 fully saturated rings. The highest BCUT2D eigenvalue weighted by Gasteiger charge is 2.55. The summed E-state index contributed by atoms with van der Waals surface area (Å²) < 4.78 is 61.6. The molecule has 1 radical (unpaired) electrons. The van der Waals surface area contributed by atoms with Crippen molar-refractivity contribution in [1.82, 2.24) is 0 Å². The predicted molar refractivity (Wildman–Crippen MR) is 37.1 cm³/mol. The van der Waals surface area contributed by atoms with Crippen LogP contribution in [0.1, 0.15) is 6.92 Å². The smallest absolute Gasteiger partial charge is 0.229 e. The summed E-state index contributed by atoms with van der Waals surface area (Å²) in [6.07, 6.45) is -4.16. The fourth-order valence-corrected chi connectivity index (χ4v) is 0.934. The summed E-state index contributed by atoms with van der Waals surface area (Å²) in [4.78, 5) is 0. The molecule has 0 aromatic heterocycles. The lowest BCUT2D eigenvalue weighted by molar-refractivity contribution is -0.199. The van der Waals surface area contributed by atoms with Gasteiger partial charge in [0.1, 0.15) is 5.83 Å². The highest BCUT2D eigenvalue weighted by atomic mass is 19.4. The van der Waals surface area contributed by atoms with Crippen molar-refractivity contribution in [2.75, 3.05) is 0 Å². The summed E-state index contributed by atoms with van der Waals surface area (Å²) in [6.45, 7) is 1.08. The molecule has 1 aliphatic rings. The summed E-state index contributed by atoms with van der Waals surface area (Å²) in [5.41, 5.74) is -3.88. The molecule has 0 nitrogen and oxygen atoms in total. The van der Waals surface area contributed by atoms with E-state index in [0.717, 1.165) is 6.92 Å². The van der Waals surface area contributed by atoms with Gasteiger partial charge in [-0.2, -0.15) is 13.2 Å². The third-order valence-corrected chi connectivity index (χ3v) is 1.71. The minimum absolute atomic E-state index is 0.162. The van der Waals surface area contributed by atoms with Crippen LogP contribution in [0.4, 0.5) is 22.0 Å². The maximum atomic E-state index is 13.0. The van der Waals surface area contributed by atoms with E-state index in [0.29, 0.717) is 6.08 Å². The van der Waals surface area contributed by atoms with E-state index in [1.807, 2.05) is 0 Å². The molecule has 0 aromatic carbocycles. The van der Waals surface area contributed by atoms with Crippen molar-refractivity contribution in [2.24, 2.45) is 0 Å². The predicted octanol–water partition coefficient (Wildman–Crippen LogP) is 3.27. The second-order valence-corrected chi connectivity index (χ2v) is 2.77. The van der Waals surface area contributed by atoms with Crippen LogP contribution in [0, 0.1) is 6.42 Å². The van der Waals surface area contributed by atoms with Crippen LogP contribution in [0.15, 0.2) is 23.6 Å². The monoisotopic (exact) mass is 197 g/mol. The van der Waals surface area contributed by atoms with Gasteiger partial charge in [-0.25, -0.2) is 8.78 Å². The Morgan fingerprint density at radius 2 is 1.85 bits per heavy atom. The molecule has 0 amide bonds. The molecule has 0 saturated heterocycles. The standard InChI is InChI=1S/C8H6F5/c1-5-4-7(10,8(11,12)13)3-2-6(5)9/h2-4H,1H3. The zero-order chi connectivity index (χ0) is 10.3. The molecule has 5 heteroatoms. The Kier molecular flexibility index (Phi) is 2.21. The second-order valence-electron chi connectivity index (χ2n) is 2.77. The van der Waals surface area contributed by atoms with E-state index in [1.165, 1.54) is 0 Å². The van der Waals surface area contributed by atoms with Gasteiger partial charge in [0.05, 0.1) is 0 Å². The fraction of sp³-hybridized carbons (Fsp3) is 0.375. The van der Waals surface area contributed by atoms with Crippen LogP contribution in [-0.2, 0) is 0 Å². The lowest BCUT2D eigenvalue weighted by Gasteiger charge is -2.26. The third kappa shape index (κ3) is 1.73. The Morgan fingerprint density at radius 1 is 1.31 bits per heavy atom. The molecule has 73 valence electrons. The van der Waals surface area contributed by atoms with Crippen molar-refractivity contribution in [3.8, 4) is 0 Å². The maximum Gasteiger partial charge on any atom is 0.426 e. The van der Waals surface area contributed by atoms with E-state index < -0.39 is 17.7 Å². The van der Waals surface area contributed by atoms with E-state index in [9.17, 15) is 22.0 Å². The van der Waals surface area contributed by atoms with E-state index in [-0.39, 0.29) is 18.1 Å². The quantitative estimate of drug-likeness (QED) is 0.523. The summed E-state index contributed by atoms with van der Waals surface area (Å²) in [5, 5.41) is 0. The Morgan fingerprint density at radius 3 is 2.23 bits per heavy atom. The largest absolute Gasteiger partial charge is 0.426 e. The molecule has 0 aromatic rings. The van der Waals surface area contributed by atoms with Gasteiger partial charge >= 0.3 is 6.18 Å². The molecule has 0 spiro atoms. The van der Waals surface area contributed by atoms with Crippen molar-refractivity contribution < 1.29 is 22.0 Å². The lowest BCUT2D eigenvalue weighted by atomic mass is 9.92. The third-order valence-electron chi connectivity index (χ3n) is 1.71. The number of halogens is 5. The van der Waals surface area contributed by atoms with Crippen molar-refractivity contribution in [3.05, 3.63) is 30.0 Å². The minimum Gasteiger partial charge on any atom is -0.229 e. The number of alkyl halides is 4. The van der Waals surface area contributed by atoms with E-state index in [2.05, 4.69) is 0 Å². The topological polar surface area (TPSA) is 0 Å². The van der Waals surface area contributed by atoms with Gasteiger partial charge in [-0.1, -0.05) is 0 Å². The van der Waals surface area contributed by atoms with Crippen LogP contribution >= 0.6 is 0 Å². The van der Waals surface area contributed by atoms with E-state index >= 15 is 0 Å². The molecule has 0 N–H and O–H groups in total. The van der Waals surface area contributed by atoms with Crippen molar-refractivity contribution in [3.63, 3.8) is 0 Å². The Hall–Kier alpha value is -0.870. The normalized spacial score (nSPS) is 29.7. The van der Waals surface area contributed by atoms with Gasteiger partial charge in [-0.15, -0.1) is 0 Å². The van der Waals surface area contributed by atoms with Crippen LogP contribution in [0.2, 0.25) is 0 Å². The van der Waals surface area contributed by atoms with Gasteiger partial charge in [0.15, 0.2) is 0 Å². The molecule has 1 unspecified atom stereocenters. The van der Waals surface area contributed by atoms with Crippen LogP contribution in [-0.4, -0.2) is 11.8 Å². The minimum atomic E-state index is -5.04. The Labute approximate surface area is 71.7 Å². The highest BCUT2D eigenvalue weighted by molar-refractivity contribution is 5.38. The van der Waals surface area contributed by atoms with E-state index in [4.69, 9.17) is 0 Å². The number of rotatable bonds is 0. The summed E-state index contributed by atoms with van der Waals surface area (Å²) in [5.74, 6) is -0.850. The molecule has 1 aliphatic carbocycles. The lowest BCUT2D eigenvalue weighted by Crippen LogP contribution is -2.40. The summed E-state index contributed by atoms with van der Waals surface area (Å²) >= 11 is 0. The highest BCUT2D eigenvalue weighted by Crippen LogP contribution is 2.41. The van der Waals surface area contributed by atoms with Crippen LogP contribution in [0.25, 0.3) is 0 Å². The first kappa shape index (κ1) is 10.2. The van der Waals surface area contributed by atoms with Crippen LogP contribution in [0.3, 0.4) is 0 Å². The SMILES string of the molecule is CC1=CC(F)(C(F)(F)F)[CH]C=C1F. The van der Waals surface area contributed by atoms with Gasteiger partial charge in [-0.05, 0) is 24.6 Å². The fourth-order valence-electron chi connectivity index (χ4n) is 0.934. The summed E-state index contributed by atoms with van der Waals surface area (Å²) in [6, 6.07) is 0. The van der Waals surface area contributed by atoms with Gasteiger partial charge in [0.25, 0.3) is 0 Å². The maximum absolute atomic E-state index is 13.0. The molecule has 0 saturated carbocycles. The van der Waals surface area contributed by atoms with Gasteiger partial charge in [0, 0.05) is 6.42 Å². The molecule has 0 heterocycles. The Balaban J connectivity index is 3.01. The van der Waals surface area contributed by atoms with Crippen LogP contribution in [0.5, 0.6) is 0 Å². The van der Waals surface area contributed by atoms with Crippen LogP contribution < -0.4 is 0 Å². The zero-order valence-corrected chi connectivity index (χ0v) is 6.62. The average Bonchev–Trinajstić information content (AvgIpc) is 1.95. The molecule has 0 bridgehead atoms. The molecule has 13 heavy (non-hydrogen) atoms. The second kappa shape index (κ2) is 2.82. The van der Waals surface area contributed by atoms with Crippen molar-refractivity contribution >= 4 is 0 Å². The van der Waals surface area contributed by atoms with Crippen molar-refractivity contribution in [2.45, 2.75) is 18.8 Å². The zero-order valence-electron chi connectivity index (χ0n) is 6.62. The number of allylic oxidation sites excluding steroid dienone is 4. The van der Waals surface area contributed by atoms with Gasteiger partial charge in [-0.3, -0.25) is 0 Å². The first-order valence-electron chi connectivity index (χ1n) is 3.43. The molecular weight excluding hydrogens is 191 g/mol.